The second kappa shape index (κ2) is 3.80. The van der Waals surface area contributed by atoms with E-state index in [0.29, 0.717) is 13.2 Å². The van der Waals surface area contributed by atoms with E-state index < -0.39 is 6.10 Å². The van der Waals surface area contributed by atoms with Crippen LogP contribution in [-0.2, 0) is 14.3 Å². The first kappa shape index (κ1) is 8.64. The van der Waals surface area contributed by atoms with Gasteiger partial charge >= 0.3 is 0 Å². The van der Waals surface area contributed by atoms with Crippen molar-refractivity contribution in [1.82, 2.24) is 0 Å². The maximum atomic E-state index is 10.8. The number of aliphatic hydroxyl groups excluding tert-OH is 1. The molecule has 0 amide bonds. The topological polar surface area (TPSA) is 55.8 Å². The van der Waals surface area contributed by atoms with Crippen LogP contribution in [0.4, 0.5) is 0 Å². The van der Waals surface area contributed by atoms with Gasteiger partial charge in [-0.2, -0.15) is 0 Å². The van der Waals surface area contributed by atoms with Crippen LogP contribution in [0, 0.1) is 0 Å². The number of ether oxygens (including phenoxy) is 2. The molecule has 0 saturated carbocycles. The van der Waals surface area contributed by atoms with Crippen LogP contribution in [-0.4, -0.2) is 42.9 Å². The highest BCUT2D eigenvalue weighted by Crippen LogP contribution is 2.07. The van der Waals surface area contributed by atoms with Crippen molar-refractivity contribution in [3.8, 4) is 0 Å². The summed E-state index contributed by atoms with van der Waals surface area (Å²) in [4.78, 5) is 10.8. The lowest BCUT2D eigenvalue weighted by atomic mass is 10.2. The highest BCUT2D eigenvalue weighted by molar-refractivity contribution is 5.80. The minimum Gasteiger partial charge on any atom is -0.394 e. The Kier molecular flexibility index (Phi) is 2.99. The van der Waals surface area contributed by atoms with Crippen LogP contribution in [0.25, 0.3) is 0 Å². The molecular formula is C7H12O4. The first-order valence-electron chi connectivity index (χ1n) is 3.58. The van der Waals surface area contributed by atoms with Gasteiger partial charge in [-0.05, 0) is 6.92 Å². The van der Waals surface area contributed by atoms with E-state index in [4.69, 9.17) is 14.6 Å². The Labute approximate surface area is 65.1 Å². The van der Waals surface area contributed by atoms with E-state index in [0.717, 1.165) is 0 Å². The van der Waals surface area contributed by atoms with Gasteiger partial charge in [0.25, 0.3) is 0 Å². The summed E-state index contributed by atoms with van der Waals surface area (Å²) in [5, 5.41) is 8.67. The lowest BCUT2D eigenvalue weighted by Crippen LogP contribution is -2.41. The summed E-state index contributed by atoms with van der Waals surface area (Å²) < 4.78 is 10.2. The molecule has 1 N–H and O–H groups in total. The van der Waals surface area contributed by atoms with Crippen LogP contribution in [0.2, 0.25) is 0 Å². The Morgan fingerprint density at radius 3 is 2.91 bits per heavy atom. The summed E-state index contributed by atoms with van der Waals surface area (Å²) in [7, 11) is 0. The lowest BCUT2D eigenvalue weighted by molar-refractivity contribution is -0.165. The van der Waals surface area contributed by atoms with Crippen LogP contribution in [0.1, 0.15) is 6.92 Å². The molecule has 0 aromatic carbocycles. The van der Waals surface area contributed by atoms with Crippen LogP contribution < -0.4 is 0 Å². The van der Waals surface area contributed by atoms with Gasteiger partial charge in [0.15, 0.2) is 5.78 Å². The average molecular weight is 160 g/mol. The van der Waals surface area contributed by atoms with Crippen molar-refractivity contribution in [2.75, 3.05) is 19.8 Å². The molecule has 4 nitrogen and oxygen atoms in total. The maximum Gasteiger partial charge on any atom is 0.160 e. The van der Waals surface area contributed by atoms with E-state index in [1.165, 1.54) is 6.92 Å². The smallest absolute Gasteiger partial charge is 0.160 e. The third kappa shape index (κ3) is 2.25. The van der Waals surface area contributed by atoms with Crippen molar-refractivity contribution in [3.05, 3.63) is 0 Å². The fourth-order valence-electron chi connectivity index (χ4n) is 0.926. The molecule has 0 aromatic rings. The molecule has 64 valence electrons. The molecule has 4 heteroatoms. The number of rotatable bonds is 2. The van der Waals surface area contributed by atoms with Gasteiger partial charge < -0.3 is 14.6 Å². The summed E-state index contributed by atoms with van der Waals surface area (Å²) in [6.45, 7) is 2.05. The van der Waals surface area contributed by atoms with E-state index in [2.05, 4.69) is 0 Å². The third-order valence-electron chi connectivity index (χ3n) is 1.59. The minimum atomic E-state index is -0.485. The van der Waals surface area contributed by atoms with E-state index in [1.807, 2.05) is 0 Å². The van der Waals surface area contributed by atoms with E-state index >= 15 is 0 Å². The Balaban J connectivity index is 2.39. The molecular weight excluding hydrogens is 148 g/mol. The van der Waals surface area contributed by atoms with Crippen LogP contribution in [0.5, 0.6) is 0 Å². The molecule has 1 fully saturated rings. The van der Waals surface area contributed by atoms with E-state index in [-0.39, 0.29) is 18.5 Å². The first-order valence-corrected chi connectivity index (χ1v) is 3.58. The quantitative estimate of drug-likeness (QED) is 0.583. The van der Waals surface area contributed by atoms with Crippen molar-refractivity contribution < 1.29 is 19.4 Å². The molecule has 1 aliphatic heterocycles. The van der Waals surface area contributed by atoms with Crippen molar-refractivity contribution in [1.29, 1.82) is 0 Å². The zero-order chi connectivity index (χ0) is 8.27. The number of carbonyl (C=O) groups is 1. The Bertz CT molecular complexity index is 145. The largest absolute Gasteiger partial charge is 0.394 e. The number of Topliss-reactive ketones (excluding diaryl/α,β-unsaturated/α-hetero) is 1. The zero-order valence-electron chi connectivity index (χ0n) is 6.45. The fourth-order valence-corrected chi connectivity index (χ4v) is 0.926. The normalized spacial score (nSPS) is 31.8. The molecule has 2 unspecified atom stereocenters. The highest BCUT2D eigenvalue weighted by Gasteiger charge is 2.25. The van der Waals surface area contributed by atoms with Gasteiger partial charge in [-0.3, -0.25) is 4.79 Å². The van der Waals surface area contributed by atoms with Crippen molar-refractivity contribution in [2.24, 2.45) is 0 Å². The van der Waals surface area contributed by atoms with Crippen LogP contribution in [0.15, 0.2) is 0 Å². The average Bonchev–Trinajstić information content (AvgIpc) is 2.05. The molecule has 1 rings (SSSR count). The van der Waals surface area contributed by atoms with Crippen molar-refractivity contribution in [2.45, 2.75) is 19.1 Å². The second-order valence-corrected chi connectivity index (χ2v) is 2.58. The molecule has 2 atom stereocenters. The number of carbonyl (C=O) groups excluding carboxylic acids is 1. The molecule has 0 bridgehead atoms. The molecule has 0 spiro atoms. The summed E-state index contributed by atoms with van der Waals surface area (Å²) in [5.41, 5.74) is 0. The van der Waals surface area contributed by atoms with Gasteiger partial charge in [-0.15, -0.1) is 0 Å². The first-order chi connectivity index (χ1) is 5.24. The lowest BCUT2D eigenvalue weighted by Gasteiger charge is -2.27. The predicted molar refractivity (Wildman–Crippen MR) is 37.2 cm³/mol. The standard InChI is InChI=1S/C7H12O4/c1-5(9)7-4-10-3-6(2-8)11-7/h6-8H,2-4H2,1H3. The van der Waals surface area contributed by atoms with E-state index in [1.54, 1.807) is 0 Å². The number of ketones is 1. The molecule has 1 aliphatic rings. The minimum absolute atomic E-state index is 0.0526. The highest BCUT2D eigenvalue weighted by atomic mass is 16.6. The van der Waals surface area contributed by atoms with Crippen molar-refractivity contribution in [3.63, 3.8) is 0 Å². The van der Waals surface area contributed by atoms with Gasteiger partial charge in [0.05, 0.1) is 19.8 Å². The van der Waals surface area contributed by atoms with Gasteiger partial charge in [0.2, 0.25) is 0 Å². The zero-order valence-corrected chi connectivity index (χ0v) is 6.45. The number of aliphatic hydroxyl groups is 1. The molecule has 1 saturated heterocycles. The van der Waals surface area contributed by atoms with E-state index in [9.17, 15) is 4.79 Å². The third-order valence-corrected chi connectivity index (χ3v) is 1.59. The SMILES string of the molecule is CC(=O)C1COCC(CO)O1. The summed E-state index contributed by atoms with van der Waals surface area (Å²) in [6, 6.07) is 0. The fraction of sp³-hybridized carbons (Fsp3) is 0.857. The van der Waals surface area contributed by atoms with Gasteiger partial charge in [0.1, 0.15) is 12.2 Å². The molecule has 11 heavy (non-hydrogen) atoms. The number of hydrogen-bond donors (Lipinski definition) is 1. The maximum absolute atomic E-state index is 10.8. The number of hydrogen-bond acceptors (Lipinski definition) is 4. The monoisotopic (exact) mass is 160 g/mol. The van der Waals surface area contributed by atoms with Crippen molar-refractivity contribution >= 4 is 5.78 Å². The summed E-state index contributed by atoms with van der Waals surface area (Å²) >= 11 is 0. The molecule has 0 aromatic heterocycles. The predicted octanol–water partition coefficient (Wildman–Crippen LogP) is -0.648. The summed E-state index contributed by atoms with van der Waals surface area (Å²) in [6.07, 6.45) is -0.821. The second-order valence-electron chi connectivity index (χ2n) is 2.58. The molecule has 0 aliphatic carbocycles. The summed E-state index contributed by atoms with van der Waals surface area (Å²) in [5.74, 6) is -0.0526. The van der Waals surface area contributed by atoms with Crippen LogP contribution in [0.3, 0.4) is 0 Å². The Morgan fingerprint density at radius 1 is 1.64 bits per heavy atom. The Morgan fingerprint density at radius 2 is 2.36 bits per heavy atom. The van der Waals surface area contributed by atoms with Gasteiger partial charge in [0, 0.05) is 0 Å². The van der Waals surface area contributed by atoms with Gasteiger partial charge in [-0.1, -0.05) is 0 Å². The molecule has 0 radical (unpaired) electrons. The van der Waals surface area contributed by atoms with Crippen LogP contribution >= 0.6 is 0 Å². The van der Waals surface area contributed by atoms with Gasteiger partial charge in [-0.25, -0.2) is 0 Å². The Hall–Kier alpha value is -0.450. The molecule has 1 heterocycles.